The predicted octanol–water partition coefficient (Wildman–Crippen LogP) is 2.10. The number of hydrogen-bond acceptors (Lipinski definition) is 4. The topological polar surface area (TPSA) is 52.6 Å². The number of likely N-dealkylation sites (N-methyl/N-ethyl adjacent to an activating group) is 1. The molecule has 1 aromatic carbocycles. The molecule has 5 nitrogen and oxygen atoms in total. The van der Waals surface area contributed by atoms with E-state index in [0.29, 0.717) is 12.1 Å². The molecule has 1 N–H and O–H groups in total. The summed E-state index contributed by atoms with van der Waals surface area (Å²) in [5.41, 5.74) is 0.981. The van der Waals surface area contributed by atoms with E-state index in [2.05, 4.69) is 22.2 Å². The molecule has 1 heterocycles. The summed E-state index contributed by atoms with van der Waals surface area (Å²) in [5.74, 6) is 0.0947. The van der Waals surface area contributed by atoms with Crippen LogP contribution in [0.25, 0.3) is 0 Å². The molecule has 1 aliphatic heterocycles. The lowest BCUT2D eigenvalue weighted by Crippen LogP contribution is -2.46. The molecule has 0 bridgehead atoms. The lowest BCUT2D eigenvalue weighted by Gasteiger charge is -2.31. The Morgan fingerprint density at radius 1 is 1.04 bits per heavy atom. The number of ketones is 1. The fourth-order valence-corrected chi connectivity index (χ4v) is 2.36. The molecule has 0 aliphatic carbocycles. The molecule has 0 saturated carbocycles. The first-order valence-electron chi connectivity index (χ1n) is 8.11. The van der Waals surface area contributed by atoms with Crippen molar-refractivity contribution in [2.45, 2.75) is 20.8 Å². The van der Waals surface area contributed by atoms with Gasteiger partial charge in [0, 0.05) is 42.8 Å². The number of anilines is 1. The Morgan fingerprint density at radius 3 is 2.13 bits per heavy atom. The minimum absolute atomic E-state index is 0.0333. The fourth-order valence-electron chi connectivity index (χ4n) is 2.36. The predicted molar refractivity (Wildman–Crippen MR) is 92.8 cm³/mol. The van der Waals surface area contributed by atoms with Gasteiger partial charge < -0.3 is 10.2 Å². The van der Waals surface area contributed by atoms with Gasteiger partial charge in [-0.3, -0.25) is 14.5 Å². The summed E-state index contributed by atoms with van der Waals surface area (Å²) in [6.45, 7) is 9.95. The van der Waals surface area contributed by atoms with Gasteiger partial charge in [-0.15, -0.1) is 0 Å². The fraction of sp³-hybridized carbons (Fsp3) is 0.556. The van der Waals surface area contributed by atoms with Crippen LogP contribution < -0.4 is 5.32 Å². The number of amides is 1. The Bertz CT molecular complexity index is 553. The maximum absolute atomic E-state index is 12.3. The van der Waals surface area contributed by atoms with Crippen LogP contribution in [0.1, 0.15) is 31.1 Å². The molecule has 0 radical (unpaired) electrons. The van der Waals surface area contributed by atoms with Gasteiger partial charge in [0.2, 0.25) is 5.91 Å². The van der Waals surface area contributed by atoms with Crippen molar-refractivity contribution in [2.75, 3.05) is 45.1 Å². The highest BCUT2D eigenvalue weighted by molar-refractivity contribution is 5.99. The van der Waals surface area contributed by atoms with Crippen molar-refractivity contribution in [3.8, 4) is 0 Å². The monoisotopic (exact) mass is 317 g/mol. The van der Waals surface area contributed by atoms with E-state index < -0.39 is 5.41 Å². The minimum atomic E-state index is -0.435. The van der Waals surface area contributed by atoms with Crippen molar-refractivity contribution >= 4 is 17.4 Å². The molecule has 1 aliphatic rings. The van der Waals surface area contributed by atoms with E-state index in [1.165, 1.54) is 0 Å². The normalized spacial score (nSPS) is 17.0. The molecule has 1 fully saturated rings. The SMILES string of the molecule is CN1CCN(CC(=O)c2ccc(NC(=O)C(C)(C)C)cc2)CC1. The summed E-state index contributed by atoms with van der Waals surface area (Å²) in [7, 11) is 2.10. The zero-order valence-corrected chi connectivity index (χ0v) is 14.6. The number of nitrogens with one attached hydrogen (secondary N) is 1. The van der Waals surface area contributed by atoms with Crippen LogP contribution in [0.5, 0.6) is 0 Å². The number of carbonyl (C=O) groups is 2. The van der Waals surface area contributed by atoms with Gasteiger partial charge in [-0.1, -0.05) is 20.8 Å². The third kappa shape index (κ3) is 5.15. The largest absolute Gasteiger partial charge is 0.326 e. The summed E-state index contributed by atoms with van der Waals surface area (Å²) < 4.78 is 0. The molecule has 5 heteroatoms. The molecule has 126 valence electrons. The first kappa shape index (κ1) is 17.6. The Labute approximate surface area is 138 Å². The minimum Gasteiger partial charge on any atom is -0.326 e. The summed E-state index contributed by atoms with van der Waals surface area (Å²) >= 11 is 0. The Morgan fingerprint density at radius 2 is 1.61 bits per heavy atom. The molecule has 0 spiro atoms. The Hall–Kier alpha value is -1.72. The van der Waals surface area contributed by atoms with Gasteiger partial charge in [-0.05, 0) is 31.3 Å². The quantitative estimate of drug-likeness (QED) is 0.864. The van der Waals surface area contributed by atoms with Crippen LogP contribution in [0.4, 0.5) is 5.69 Å². The third-order valence-corrected chi connectivity index (χ3v) is 4.11. The van der Waals surface area contributed by atoms with Crippen LogP contribution in [0, 0.1) is 5.41 Å². The van der Waals surface area contributed by atoms with Crippen LogP contribution in [-0.2, 0) is 4.79 Å². The van der Waals surface area contributed by atoms with Crippen LogP contribution >= 0.6 is 0 Å². The molecule has 1 aromatic rings. The average Bonchev–Trinajstić information content (AvgIpc) is 2.49. The summed E-state index contributed by atoms with van der Waals surface area (Å²) in [4.78, 5) is 28.8. The van der Waals surface area contributed by atoms with Gasteiger partial charge in [0.1, 0.15) is 0 Å². The van der Waals surface area contributed by atoms with E-state index in [9.17, 15) is 9.59 Å². The zero-order valence-electron chi connectivity index (χ0n) is 14.6. The molecule has 1 saturated heterocycles. The maximum Gasteiger partial charge on any atom is 0.229 e. The van der Waals surface area contributed by atoms with Crippen molar-refractivity contribution in [3.63, 3.8) is 0 Å². The molecule has 0 atom stereocenters. The van der Waals surface area contributed by atoms with E-state index in [0.717, 1.165) is 31.9 Å². The van der Waals surface area contributed by atoms with E-state index >= 15 is 0 Å². The number of hydrogen-bond donors (Lipinski definition) is 1. The van der Waals surface area contributed by atoms with Gasteiger partial charge >= 0.3 is 0 Å². The molecular formula is C18H27N3O2. The summed E-state index contributed by atoms with van der Waals surface area (Å²) in [5, 5.41) is 2.87. The van der Waals surface area contributed by atoms with Gasteiger partial charge in [0.05, 0.1) is 6.54 Å². The van der Waals surface area contributed by atoms with Crippen LogP contribution in [-0.4, -0.2) is 61.3 Å². The Kier molecular flexibility index (Phi) is 5.55. The first-order valence-corrected chi connectivity index (χ1v) is 8.11. The highest BCUT2D eigenvalue weighted by Gasteiger charge is 2.21. The summed E-state index contributed by atoms with van der Waals surface area (Å²) in [6.07, 6.45) is 0. The number of nitrogens with zero attached hydrogens (tertiary/aromatic N) is 2. The van der Waals surface area contributed by atoms with E-state index in [-0.39, 0.29) is 11.7 Å². The highest BCUT2D eigenvalue weighted by Crippen LogP contribution is 2.18. The molecule has 0 unspecified atom stereocenters. The average molecular weight is 317 g/mol. The lowest BCUT2D eigenvalue weighted by molar-refractivity contribution is -0.123. The van der Waals surface area contributed by atoms with Crippen LogP contribution in [0.15, 0.2) is 24.3 Å². The van der Waals surface area contributed by atoms with Crippen molar-refractivity contribution in [1.29, 1.82) is 0 Å². The second-order valence-corrected chi connectivity index (χ2v) is 7.28. The second-order valence-electron chi connectivity index (χ2n) is 7.28. The second kappa shape index (κ2) is 7.23. The Balaban J connectivity index is 1.91. The van der Waals surface area contributed by atoms with Gasteiger partial charge in [-0.2, -0.15) is 0 Å². The molecule has 2 rings (SSSR count). The summed E-state index contributed by atoms with van der Waals surface area (Å²) in [6, 6.07) is 7.16. The van der Waals surface area contributed by atoms with Crippen molar-refractivity contribution in [3.05, 3.63) is 29.8 Å². The maximum atomic E-state index is 12.3. The van der Waals surface area contributed by atoms with Crippen LogP contribution in [0.2, 0.25) is 0 Å². The molecular weight excluding hydrogens is 290 g/mol. The van der Waals surface area contributed by atoms with Gasteiger partial charge in [0.25, 0.3) is 0 Å². The molecule has 1 amide bonds. The van der Waals surface area contributed by atoms with Gasteiger partial charge in [-0.25, -0.2) is 0 Å². The third-order valence-electron chi connectivity index (χ3n) is 4.11. The van der Waals surface area contributed by atoms with Gasteiger partial charge in [0.15, 0.2) is 5.78 Å². The van der Waals surface area contributed by atoms with Crippen molar-refractivity contribution in [1.82, 2.24) is 9.80 Å². The first-order chi connectivity index (χ1) is 10.8. The van der Waals surface area contributed by atoms with Crippen LogP contribution in [0.3, 0.4) is 0 Å². The lowest BCUT2D eigenvalue weighted by atomic mass is 9.95. The smallest absolute Gasteiger partial charge is 0.229 e. The number of carbonyl (C=O) groups excluding carboxylic acids is 2. The highest BCUT2D eigenvalue weighted by atomic mass is 16.2. The van der Waals surface area contributed by atoms with E-state index in [4.69, 9.17) is 0 Å². The molecule has 0 aromatic heterocycles. The number of piperazine rings is 1. The van der Waals surface area contributed by atoms with E-state index in [1.807, 2.05) is 20.8 Å². The van der Waals surface area contributed by atoms with Crippen molar-refractivity contribution < 1.29 is 9.59 Å². The van der Waals surface area contributed by atoms with Crippen molar-refractivity contribution in [2.24, 2.45) is 5.41 Å². The number of benzene rings is 1. The number of Topliss-reactive ketones (excluding diaryl/α,β-unsaturated/α-hetero) is 1. The van der Waals surface area contributed by atoms with E-state index in [1.54, 1.807) is 24.3 Å². The zero-order chi connectivity index (χ0) is 17.0. The number of rotatable bonds is 4. The standard InChI is InChI=1S/C18H27N3O2/c1-18(2,3)17(23)19-15-7-5-14(6-8-15)16(22)13-21-11-9-20(4)10-12-21/h5-8H,9-13H2,1-4H3,(H,19,23). The molecule has 23 heavy (non-hydrogen) atoms.